The van der Waals surface area contributed by atoms with Crippen LogP contribution in [0.25, 0.3) is 0 Å². The lowest BCUT2D eigenvalue weighted by atomic mass is 9.99. The molecule has 1 N–H and O–H groups in total. The van der Waals surface area contributed by atoms with Crippen molar-refractivity contribution >= 4 is 5.91 Å². The molecule has 0 saturated carbocycles. The second-order valence-corrected chi connectivity index (χ2v) is 7.67. The van der Waals surface area contributed by atoms with Crippen LogP contribution in [0.15, 0.2) is 43.1 Å². The van der Waals surface area contributed by atoms with Gasteiger partial charge in [0.05, 0.1) is 43.7 Å². The molecule has 11 heteroatoms. The van der Waals surface area contributed by atoms with Crippen LogP contribution in [0.4, 0.5) is 13.2 Å². The van der Waals surface area contributed by atoms with E-state index in [4.69, 9.17) is 9.47 Å². The summed E-state index contributed by atoms with van der Waals surface area (Å²) in [7, 11) is 0. The number of benzene rings is 1. The highest BCUT2D eigenvalue weighted by Gasteiger charge is 2.43. The Hall–Kier alpha value is -2.76. The number of nitrogens with zero attached hydrogens (tertiary/aromatic N) is 4. The molecule has 1 unspecified atom stereocenters. The summed E-state index contributed by atoms with van der Waals surface area (Å²) < 4.78 is 51.3. The van der Waals surface area contributed by atoms with Crippen molar-refractivity contribution in [3.8, 4) is 0 Å². The van der Waals surface area contributed by atoms with Crippen LogP contribution in [0, 0.1) is 0 Å². The average molecular weight is 438 g/mol. The highest BCUT2D eigenvalue weighted by atomic mass is 19.4. The van der Waals surface area contributed by atoms with Crippen LogP contribution in [0.1, 0.15) is 22.9 Å². The van der Waals surface area contributed by atoms with E-state index in [2.05, 4.69) is 16.9 Å². The molecule has 2 aliphatic heterocycles. The zero-order valence-electron chi connectivity index (χ0n) is 16.5. The second kappa shape index (κ2) is 8.06. The molecule has 2 saturated heterocycles. The first-order valence-corrected chi connectivity index (χ1v) is 9.61. The van der Waals surface area contributed by atoms with E-state index in [1.807, 2.05) is 0 Å². The lowest BCUT2D eigenvalue weighted by molar-refractivity contribution is -0.186. The maximum absolute atomic E-state index is 13.0. The summed E-state index contributed by atoms with van der Waals surface area (Å²) in [6, 6.07) is 4.48. The van der Waals surface area contributed by atoms with Gasteiger partial charge in [-0.05, 0) is 23.8 Å². The van der Waals surface area contributed by atoms with Crippen LogP contribution in [0.3, 0.4) is 0 Å². The minimum absolute atomic E-state index is 0.0689. The Balaban J connectivity index is 1.51. The number of aromatic nitrogens is 3. The van der Waals surface area contributed by atoms with Gasteiger partial charge in [-0.2, -0.15) is 13.2 Å². The molecule has 31 heavy (non-hydrogen) atoms. The number of likely N-dealkylation sites (tertiary alicyclic amines) is 1. The zero-order chi connectivity index (χ0) is 22.2. The fourth-order valence-corrected chi connectivity index (χ4v) is 3.62. The van der Waals surface area contributed by atoms with Crippen LogP contribution in [-0.2, 0) is 32.7 Å². The summed E-state index contributed by atoms with van der Waals surface area (Å²) in [5.41, 5.74) is -1.23. The first-order chi connectivity index (χ1) is 14.7. The lowest BCUT2D eigenvalue weighted by Crippen LogP contribution is -2.46. The van der Waals surface area contributed by atoms with Crippen molar-refractivity contribution in [3.05, 3.63) is 59.9 Å². The molecule has 2 aromatic rings. The van der Waals surface area contributed by atoms with E-state index in [1.165, 1.54) is 21.7 Å². The highest BCUT2D eigenvalue weighted by Crippen LogP contribution is 2.32. The van der Waals surface area contributed by atoms with E-state index in [0.29, 0.717) is 11.3 Å². The van der Waals surface area contributed by atoms with Gasteiger partial charge in [-0.1, -0.05) is 23.9 Å². The van der Waals surface area contributed by atoms with Crippen molar-refractivity contribution in [2.75, 3.05) is 26.3 Å². The number of rotatable bonds is 6. The number of ether oxygens (including phenoxy) is 2. The molecule has 8 nitrogen and oxygen atoms in total. The van der Waals surface area contributed by atoms with Gasteiger partial charge < -0.3 is 19.5 Å². The van der Waals surface area contributed by atoms with E-state index in [9.17, 15) is 23.1 Å². The van der Waals surface area contributed by atoms with Crippen molar-refractivity contribution in [2.24, 2.45) is 0 Å². The largest absolute Gasteiger partial charge is 0.416 e. The Morgan fingerprint density at radius 3 is 2.81 bits per heavy atom. The van der Waals surface area contributed by atoms with E-state index in [0.717, 1.165) is 12.1 Å². The molecule has 3 heterocycles. The third-order valence-corrected chi connectivity index (χ3v) is 5.45. The molecule has 2 aliphatic rings. The fraction of sp³-hybridized carbons (Fsp3) is 0.450. The summed E-state index contributed by atoms with van der Waals surface area (Å²) >= 11 is 0. The van der Waals surface area contributed by atoms with Crippen molar-refractivity contribution < 1.29 is 32.5 Å². The van der Waals surface area contributed by atoms with Gasteiger partial charge in [-0.15, -0.1) is 5.10 Å². The molecule has 0 bridgehead atoms. The van der Waals surface area contributed by atoms with Gasteiger partial charge in [0.15, 0.2) is 5.60 Å². The Kier molecular flexibility index (Phi) is 5.58. The third-order valence-electron chi connectivity index (χ3n) is 5.45. The number of halogens is 3. The number of hydrogen-bond donors (Lipinski definition) is 1. The summed E-state index contributed by atoms with van der Waals surface area (Å²) in [5, 5.41) is 18.5. The maximum atomic E-state index is 13.0. The van der Waals surface area contributed by atoms with Gasteiger partial charge in [-0.25, -0.2) is 4.68 Å². The molecule has 2 fully saturated rings. The van der Waals surface area contributed by atoms with Gasteiger partial charge in [0.2, 0.25) is 5.91 Å². The van der Waals surface area contributed by atoms with Crippen LogP contribution in [0.2, 0.25) is 0 Å². The minimum atomic E-state index is -4.44. The van der Waals surface area contributed by atoms with Gasteiger partial charge in [-0.3, -0.25) is 4.79 Å². The monoisotopic (exact) mass is 438 g/mol. The summed E-state index contributed by atoms with van der Waals surface area (Å²) in [5.74, 6) is -0.290. The molecule has 2 atom stereocenters. The standard InChI is InChI=1S/C20H21F3N4O4/c1-2-18(28)26-7-15(27-9-17(24-25-27)19(29)11-30-12-19)16(8-26)31-10-13-4-3-5-14(6-13)20(21,22)23/h2-6,9,15-16,29H,1,7-8,10-12H2/t15?,16-/m1/s1. The normalized spacial score (nSPS) is 22.9. The minimum Gasteiger partial charge on any atom is -0.379 e. The molecule has 166 valence electrons. The smallest absolute Gasteiger partial charge is 0.379 e. The third kappa shape index (κ3) is 4.34. The zero-order valence-corrected chi connectivity index (χ0v) is 16.5. The first-order valence-electron chi connectivity index (χ1n) is 9.61. The number of carbonyl (C=O) groups is 1. The quantitative estimate of drug-likeness (QED) is 0.691. The molecule has 1 aromatic carbocycles. The number of alkyl halides is 3. The van der Waals surface area contributed by atoms with E-state index >= 15 is 0 Å². The maximum Gasteiger partial charge on any atom is 0.416 e. The van der Waals surface area contributed by atoms with E-state index < -0.39 is 29.5 Å². The molecule has 0 radical (unpaired) electrons. The van der Waals surface area contributed by atoms with E-state index in [-0.39, 0.29) is 38.8 Å². The van der Waals surface area contributed by atoms with Crippen molar-refractivity contribution in [2.45, 2.75) is 30.5 Å². The van der Waals surface area contributed by atoms with Crippen molar-refractivity contribution in [1.82, 2.24) is 19.9 Å². The fourth-order valence-electron chi connectivity index (χ4n) is 3.62. The first kappa shape index (κ1) is 21.5. The van der Waals surface area contributed by atoms with Crippen molar-refractivity contribution in [3.63, 3.8) is 0 Å². The SMILES string of the molecule is C=CC(=O)N1CC(n2cc(C3(O)COC3)nn2)[C@H](OCc2cccc(C(F)(F)F)c2)C1. The molecular weight excluding hydrogens is 417 g/mol. The lowest BCUT2D eigenvalue weighted by Gasteiger charge is -2.34. The topological polar surface area (TPSA) is 89.7 Å². The van der Waals surface area contributed by atoms with Gasteiger partial charge in [0.25, 0.3) is 0 Å². The average Bonchev–Trinajstić information content (AvgIpc) is 3.37. The Labute approximate surface area is 175 Å². The molecule has 1 amide bonds. The molecule has 4 rings (SSSR count). The van der Waals surface area contributed by atoms with E-state index in [1.54, 1.807) is 12.3 Å². The summed E-state index contributed by atoms with van der Waals surface area (Å²) in [6.45, 7) is 4.14. The second-order valence-electron chi connectivity index (χ2n) is 7.67. The molecule has 1 aromatic heterocycles. The number of carbonyl (C=O) groups excluding carboxylic acids is 1. The summed E-state index contributed by atoms with van der Waals surface area (Å²) in [6.07, 6.45) is -2.22. The van der Waals surface area contributed by atoms with Gasteiger partial charge in [0.1, 0.15) is 5.69 Å². The predicted molar refractivity (Wildman–Crippen MR) is 101 cm³/mol. The van der Waals surface area contributed by atoms with Gasteiger partial charge >= 0.3 is 6.18 Å². The van der Waals surface area contributed by atoms with Crippen LogP contribution in [-0.4, -0.2) is 63.3 Å². The summed E-state index contributed by atoms with van der Waals surface area (Å²) in [4.78, 5) is 13.6. The van der Waals surface area contributed by atoms with Crippen LogP contribution >= 0.6 is 0 Å². The van der Waals surface area contributed by atoms with Crippen molar-refractivity contribution in [1.29, 1.82) is 0 Å². The number of aliphatic hydroxyl groups is 1. The Bertz CT molecular complexity index is 973. The van der Waals surface area contributed by atoms with Crippen LogP contribution in [0.5, 0.6) is 0 Å². The van der Waals surface area contributed by atoms with Crippen LogP contribution < -0.4 is 0 Å². The predicted octanol–water partition coefficient (Wildman–Crippen LogP) is 1.67. The Morgan fingerprint density at radius 1 is 1.39 bits per heavy atom. The number of amides is 1. The number of hydrogen-bond acceptors (Lipinski definition) is 6. The molecule has 0 spiro atoms. The molecular formula is C20H21F3N4O4. The highest BCUT2D eigenvalue weighted by molar-refractivity contribution is 5.87. The van der Waals surface area contributed by atoms with Gasteiger partial charge in [0, 0.05) is 13.1 Å². The molecule has 0 aliphatic carbocycles. The Morgan fingerprint density at radius 2 is 2.16 bits per heavy atom.